The number of halogens is 3. The summed E-state index contributed by atoms with van der Waals surface area (Å²) in [6.07, 6.45) is 0. The SMILES string of the molecule is NS(=O)(=O)c1ccc(F)c(C(=O)OCC(=O)c2ccc(OC(F)F)cc2)c1. The molecule has 0 heterocycles. The van der Waals surface area contributed by atoms with Crippen LogP contribution in [-0.2, 0) is 14.8 Å². The molecule has 0 fully saturated rings. The number of esters is 1. The normalized spacial score (nSPS) is 11.3. The minimum Gasteiger partial charge on any atom is -0.454 e. The van der Waals surface area contributed by atoms with Gasteiger partial charge in [0, 0.05) is 5.56 Å². The zero-order chi connectivity index (χ0) is 20.2. The molecule has 0 aliphatic carbocycles. The molecule has 7 nitrogen and oxygen atoms in total. The molecule has 0 saturated heterocycles. The van der Waals surface area contributed by atoms with E-state index in [0.29, 0.717) is 6.07 Å². The van der Waals surface area contributed by atoms with Crippen molar-refractivity contribution in [3.05, 3.63) is 59.4 Å². The van der Waals surface area contributed by atoms with Crippen LogP contribution in [0.3, 0.4) is 0 Å². The molecule has 0 radical (unpaired) electrons. The van der Waals surface area contributed by atoms with Gasteiger partial charge in [-0.05, 0) is 42.5 Å². The van der Waals surface area contributed by atoms with Crippen LogP contribution in [0.5, 0.6) is 5.75 Å². The number of alkyl halides is 2. The van der Waals surface area contributed by atoms with E-state index in [1.54, 1.807) is 0 Å². The first-order valence-electron chi connectivity index (χ1n) is 7.15. The third kappa shape index (κ3) is 5.53. The molecule has 27 heavy (non-hydrogen) atoms. The highest BCUT2D eigenvalue weighted by atomic mass is 32.2. The second kappa shape index (κ2) is 8.18. The standard InChI is InChI=1S/C16H12F3NO6S/c17-13-6-5-11(27(20,23)24)7-12(13)15(22)25-8-14(21)9-1-3-10(4-2-9)26-16(18)19/h1-7,16H,8H2,(H2,20,23,24). The van der Waals surface area contributed by atoms with Gasteiger partial charge in [0.1, 0.15) is 11.6 Å². The predicted molar refractivity (Wildman–Crippen MR) is 85.5 cm³/mol. The van der Waals surface area contributed by atoms with Crippen LogP contribution in [0.2, 0.25) is 0 Å². The number of carbonyl (C=O) groups is 2. The summed E-state index contributed by atoms with van der Waals surface area (Å²) in [7, 11) is -4.17. The van der Waals surface area contributed by atoms with E-state index in [9.17, 15) is 31.2 Å². The number of benzene rings is 2. The second-order valence-electron chi connectivity index (χ2n) is 5.09. The van der Waals surface area contributed by atoms with Crippen molar-refractivity contribution < 1.29 is 40.7 Å². The minimum absolute atomic E-state index is 0.0307. The number of nitrogens with two attached hydrogens (primary N) is 1. The van der Waals surface area contributed by atoms with Crippen molar-refractivity contribution >= 4 is 21.8 Å². The molecule has 0 aliphatic heterocycles. The van der Waals surface area contributed by atoms with Gasteiger partial charge in [0.05, 0.1) is 10.5 Å². The van der Waals surface area contributed by atoms with Crippen molar-refractivity contribution in [2.75, 3.05) is 6.61 Å². The summed E-state index contributed by atoms with van der Waals surface area (Å²) < 4.78 is 69.1. The Balaban J connectivity index is 2.06. The summed E-state index contributed by atoms with van der Waals surface area (Å²) in [5.74, 6) is -3.20. The summed E-state index contributed by atoms with van der Waals surface area (Å²) in [6, 6.07) is 6.88. The van der Waals surface area contributed by atoms with Crippen LogP contribution in [0.15, 0.2) is 47.4 Å². The van der Waals surface area contributed by atoms with Crippen molar-refractivity contribution in [3.63, 3.8) is 0 Å². The molecule has 0 atom stereocenters. The third-order valence-corrected chi connectivity index (χ3v) is 4.13. The highest BCUT2D eigenvalue weighted by Crippen LogP contribution is 2.17. The van der Waals surface area contributed by atoms with Crippen LogP contribution < -0.4 is 9.88 Å². The average Bonchev–Trinajstić information content (AvgIpc) is 2.59. The van der Waals surface area contributed by atoms with E-state index in [-0.39, 0.29) is 11.3 Å². The van der Waals surface area contributed by atoms with Gasteiger partial charge in [0.15, 0.2) is 12.4 Å². The Kier molecular flexibility index (Phi) is 6.18. The molecule has 2 aromatic carbocycles. The zero-order valence-corrected chi connectivity index (χ0v) is 14.2. The number of primary sulfonamides is 1. The summed E-state index contributed by atoms with van der Waals surface area (Å²) in [5, 5.41) is 4.90. The molecule has 0 bridgehead atoms. The van der Waals surface area contributed by atoms with Gasteiger partial charge < -0.3 is 9.47 Å². The monoisotopic (exact) mass is 403 g/mol. The Bertz CT molecular complexity index is 961. The van der Waals surface area contributed by atoms with Crippen LogP contribution in [0.25, 0.3) is 0 Å². The fraction of sp³-hybridized carbons (Fsp3) is 0.125. The summed E-state index contributed by atoms with van der Waals surface area (Å²) >= 11 is 0. The van der Waals surface area contributed by atoms with Crippen LogP contribution >= 0.6 is 0 Å². The maximum Gasteiger partial charge on any atom is 0.387 e. The first-order chi connectivity index (χ1) is 12.6. The summed E-state index contributed by atoms with van der Waals surface area (Å²) in [4.78, 5) is 23.3. The molecule has 0 saturated carbocycles. The van der Waals surface area contributed by atoms with Gasteiger partial charge in [-0.2, -0.15) is 8.78 Å². The average molecular weight is 403 g/mol. The largest absolute Gasteiger partial charge is 0.454 e. The van der Waals surface area contributed by atoms with Crippen LogP contribution in [0, 0.1) is 5.82 Å². The Morgan fingerprint density at radius 3 is 2.26 bits per heavy atom. The van der Waals surface area contributed by atoms with Gasteiger partial charge in [0.25, 0.3) is 0 Å². The van der Waals surface area contributed by atoms with Crippen LogP contribution in [-0.4, -0.2) is 33.4 Å². The van der Waals surface area contributed by atoms with Gasteiger partial charge in [-0.15, -0.1) is 0 Å². The Labute approximate surface area is 151 Å². The van der Waals surface area contributed by atoms with Gasteiger partial charge in [-0.1, -0.05) is 0 Å². The number of hydrogen-bond donors (Lipinski definition) is 1. The molecule has 0 amide bonds. The lowest BCUT2D eigenvalue weighted by Gasteiger charge is -2.08. The van der Waals surface area contributed by atoms with Gasteiger partial charge in [-0.3, -0.25) is 4.79 Å². The minimum atomic E-state index is -4.17. The molecule has 2 N–H and O–H groups in total. The molecule has 2 aromatic rings. The van der Waals surface area contributed by atoms with Crippen LogP contribution in [0.4, 0.5) is 13.2 Å². The maximum absolute atomic E-state index is 13.7. The molecule has 0 spiro atoms. The first-order valence-corrected chi connectivity index (χ1v) is 8.70. The van der Waals surface area contributed by atoms with Gasteiger partial charge in [-0.25, -0.2) is 22.7 Å². The number of sulfonamides is 1. The van der Waals surface area contributed by atoms with Crippen molar-refractivity contribution in [1.29, 1.82) is 0 Å². The molecule has 0 aromatic heterocycles. The lowest BCUT2D eigenvalue weighted by molar-refractivity contribution is -0.0498. The molecular formula is C16H12F3NO6S. The molecule has 144 valence electrons. The Morgan fingerprint density at radius 2 is 1.70 bits per heavy atom. The number of hydrogen-bond acceptors (Lipinski definition) is 6. The van der Waals surface area contributed by atoms with E-state index >= 15 is 0 Å². The van der Waals surface area contributed by atoms with Crippen LogP contribution in [0.1, 0.15) is 20.7 Å². The van der Waals surface area contributed by atoms with Crippen molar-refractivity contribution in [2.24, 2.45) is 5.14 Å². The van der Waals surface area contributed by atoms with E-state index < -0.39 is 51.3 Å². The number of rotatable bonds is 7. The lowest BCUT2D eigenvalue weighted by Crippen LogP contribution is -2.17. The zero-order valence-electron chi connectivity index (χ0n) is 13.4. The Hall–Kier alpha value is -2.92. The maximum atomic E-state index is 13.7. The number of carbonyl (C=O) groups excluding carboxylic acids is 2. The quantitative estimate of drug-likeness (QED) is 0.560. The highest BCUT2D eigenvalue weighted by Gasteiger charge is 2.19. The van der Waals surface area contributed by atoms with E-state index in [0.717, 1.165) is 24.3 Å². The topological polar surface area (TPSA) is 113 Å². The van der Waals surface area contributed by atoms with E-state index in [2.05, 4.69) is 9.47 Å². The molecule has 2 rings (SSSR count). The van der Waals surface area contributed by atoms with E-state index in [1.165, 1.54) is 12.1 Å². The predicted octanol–water partition coefficient (Wildman–Crippen LogP) is 2.11. The summed E-state index contributed by atoms with van der Waals surface area (Å²) in [5.41, 5.74) is -0.682. The summed E-state index contributed by atoms with van der Waals surface area (Å²) in [6.45, 7) is -3.80. The van der Waals surface area contributed by atoms with E-state index in [1.807, 2.05) is 0 Å². The molecular weight excluding hydrogens is 391 g/mol. The first kappa shape index (κ1) is 20.4. The number of Topliss-reactive ketones (excluding diaryl/α,β-unsaturated/α-hetero) is 1. The highest BCUT2D eigenvalue weighted by molar-refractivity contribution is 7.89. The fourth-order valence-electron chi connectivity index (χ4n) is 1.95. The fourth-order valence-corrected chi connectivity index (χ4v) is 2.49. The van der Waals surface area contributed by atoms with Crippen molar-refractivity contribution in [3.8, 4) is 5.75 Å². The molecule has 0 unspecified atom stereocenters. The second-order valence-corrected chi connectivity index (χ2v) is 6.65. The van der Waals surface area contributed by atoms with Crippen molar-refractivity contribution in [1.82, 2.24) is 0 Å². The molecule has 11 heteroatoms. The number of ketones is 1. The molecule has 0 aliphatic rings. The van der Waals surface area contributed by atoms with Crippen molar-refractivity contribution in [2.45, 2.75) is 11.5 Å². The smallest absolute Gasteiger partial charge is 0.387 e. The van der Waals surface area contributed by atoms with E-state index in [4.69, 9.17) is 5.14 Å². The Morgan fingerprint density at radius 1 is 1.07 bits per heavy atom. The number of ether oxygens (including phenoxy) is 2. The van der Waals surface area contributed by atoms with Gasteiger partial charge in [0.2, 0.25) is 10.0 Å². The lowest BCUT2D eigenvalue weighted by atomic mass is 10.1. The third-order valence-electron chi connectivity index (χ3n) is 3.22. The van der Waals surface area contributed by atoms with Gasteiger partial charge >= 0.3 is 12.6 Å².